The third-order valence-corrected chi connectivity index (χ3v) is 4.37. The van der Waals surface area contributed by atoms with Gasteiger partial charge in [0.2, 0.25) is 0 Å². The van der Waals surface area contributed by atoms with Crippen molar-refractivity contribution < 1.29 is 10.2 Å². The molecular weight excluding hydrogens is 236 g/mol. The predicted octanol–water partition coefficient (Wildman–Crippen LogP) is 4.04. The van der Waals surface area contributed by atoms with Gasteiger partial charge in [0, 0.05) is 16.2 Å². The zero-order chi connectivity index (χ0) is 13.4. The van der Waals surface area contributed by atoms with Crippen molar-refractivity contribution in [2.24, 2.45) is 0 Å². The molecule has 0 radical (unpaired) electrons. The van der Waals surface area contributed by atoms with E-state index in [0.717, 1.165) is 10.9 Å². The van der Waals surface area contributed by atoms with Crippen LogP contribution in [-0.4, -0.2) is 10.2 Å². The molecule has 0 aliphatic carbocycles. The van der Waals surface area contributed by atoms with Crippen molar-refractivity contribution in [2.45, 2.75) is 19.3 Å². The van der Waals surface area contributed by atoms with Crippen molar-refractivity contribution in [1.82, 2.24) is 0 Å². The lowest BCUT2D eigenvalue weighted by atomic mass is 9.78. The lowest BCUT2D eigenvalue weighted by Gasteiger charge is -2.25. The lowest BCUT2D eigenvalue weighted by Crippen LogP contribution is -2.18. The van der Waals surface area contributed by atoms with E-state index in [0.29, 0.717) is 5.75 Å². The Kier molecular flexibility index (Phi) is 1.70. The maximum Gasteiger partial charge on any atom is 0.124 e. The number of phenolic OH excluding ortho intramolecular Hbond substituents is 2. The molecule has 19 heavy (non-hydrogen) atoms. The number of benzene rings is 3. The molecule has 0 aliphatic heterocycles. The molecule has 2 heteroatoms. The van der Waals surface area contributed by atoms with Crippen molar-refractivity contribution in [3.05, 3.63) is 47.5 Å². The standard InChI is InChI=1S/C17H14O2/c1-17(2,9-3-5-10(18)6-4-9)13-7-12-15-11(13)8-14(19)16(12)15/h3-8,18-19H,1-2H3. The van der Waals surface area contributed by atoms with Gasteiger partial charge in [-0.2, -0.15) is 0 Å². The zero-order valence-corrected chi connectivity index (χ0v) is 10.9. The minimum absolute atomic E-state index is 0.136. The highest BCUT2D eigenvalue weighted by Gasteiger charge is 2.33. The molecule has 0 fully saturated rings. The summed E-state index contributed by atoms with van der Waals surface area (Å²) in [5, 5.41) is 23.9. The van der Waals surface area contributed by atoms with E-state index in [1.165, 1.54) is 21.7 Å². The highest BCUT2D eigenvalue weighted by molar-refractivity contribution is 6.38. The van der Waals surface area contributed by atoms with Crippen molar-refractivity contribution >= 4 is 21.5 Å². The minimum Gasteiger partial charge on any atom is -0.508 e. The van der Waals surface area contributed by atoms with Gasteiger partial charge in [0.1, 0.15) is 11.5 Å². The molecule has 0 unspecified atom stereocenters. The summed E-state index contributed by atoms with van der Waals surface area (Å²) in [5.74, 6) is 0.695. The number of fused-ring (bicyclic) bond motifs is 1. The SMILES string of the molecule is CC(C)(c1ccc(O)cc1)c1cc2c3c(O)cc1c23. The molecule has 0 atom stereocenters. The van der Waals surface area contributed by atoms with E-state index in [-0.39, 0.29) is 11.2 Å². The maximum absolute atomic E-state index is 9.81. The van der Waals surface area contributed by atoms with Crippen LogP contribution in [0.3, 0.4) is 0 Å². The number of rotatable bonds is 2. The summed E-state index contributed by atoms with van der Waals surface area (Å²) in [6.07, 6.45) is 0. The van der Waals surface area contributed by atoms with E-state index >= 15 is 0 Å². The number of phenols is 2. The normalized spacial score (nSPS) is 13.2. The van der Waals surface area contributed by atoms with E-state index < -0.39 is 0 Å². The first kappa shape index (κ1) is 10.7. The van der Waals surface area contributed by atoms with E-state index in [1.807, 2.05) is 18.2 Å². The monoisotopic (exact) mass is 250 g/mol. The molecule has 0 heterocycles. The summed E-state index contributed by atoms with van der Waals surface area (Å²) in [7, 11) is 0. The molecule has 2 nitrogen and oxygen atoms in total. The first-order chi connectivity index (χ1) is 9.00. The van der Waals surface area contributed by atoms with E-state index in [9.17, 15) is 10.2 Å². The molecule has 0 amide bonds. The van der Waals surface area contributed by atoms with Crippen LogP contribution in [0.15, 0.2) is 36.4 Å². The van der Waals surface area contributed by atoms with Crippen molar-refractivity contribution in [2.75, 3.05) is 0 Å². The number of hydrogen-bond acceptors (Lipinski definition) is 2. The number of hydrogen-bond donors (Lipinski definition) is 2. The molecule has 4 aromatic carbocycles. The van der Waals surface area contributed by atoms with Crippen LogP contribution in [0.1, 0.15) is 25.0 Å². The third kappa shape index (κ3) is 1.21. The number of aromatic hydroxyl groups is 2. The van der Waals surface area contributed by atoms with Gasteiger partial charge in [-0.1, -0.05) is 26.0 Å². The van der Waals surface area contributed by atoms with Crippen molar-refractivity contribution in [1.29, 1.82) is 0 Å². The van der Waals surface area contributed by atoms with Crippen LogP contribution in [0.4, 0.5) is 0 Å². The second-order valence-electron chi connectivity index (χ2n) is 5.84. The summed E-state index contributed by atoms with van der Waals surface area (Å²) in [6, 6.07) is 11.4. The summed E-state index contributed by atoms with van der Waals surface area (Å²) in [6.45, 7) is 4.35. The topological polar surface area (TPSA) is 40.5 Å². The fourth-order valence-corrected chi connectivity index (χ4v) is 3.16. The highest BCUT2D eigenvalue weighted by atomic mass is 16.3. The van der Waals surface area contributed by atoms with Crippen LogP contribution in [0, 0.1) is 0 Å². The zero-order valence-electron chi connectivity index (χ0n) is 10.9. The average molecular weight is 250 g/mol. The van der Waals surface area contributed by atoms with Gasteiger partial charge in [-0.3, -0.25) is 0 Å². The van der Waals surface area contributed by atoms with E-state index in [4.69, 9.17) is 0 Å². The quantitative estimate of drug-likeness (QED) is 0.563. The van der Waals surface area contributed by atoms with Crippen molar-refractivity contribution in [3.8, 4) is 11.5 Å². The molecule has 0 saturated heterocycles. The molecule has 0 spiro atoms. The largest absolute Gasteiger partial charge is 0.508 e. The Hall–Kier alpha value is -2.22. The smallest absolute Gasteiger partial charge is 0.124 e. The Morgan fingerprint density at radius 3 is 2.16 bits per heavy atom. The van der Waals surface area contributed by atoms with Gasteiger partial charge in [-0.05, 0) is 46.2 Å². The average Bonchev–Trinajstić information content (AvgIpc) is 2.87. The predicted molar refractivity (Wildman–Crippen MR) is 76.9 cm³/mol. The Morgan fingerprint density at radius 2 is 1.53 bits per heavy atom. The molecule has 0 aliphatic rings. The molecule has 0 bridgehead atoms. The summed E-state index contributed by atoms with van der Waals surface area (Å²) in [5.41, 5.74) is 2.27. The van der Waals surface area contributed by atoms with Gasteiger partial charge in [-0.25, -0.2) is 0 Å². The van der Waals surface area contributed by atoms with E-state index in [2.05, 4.69) is 19.9 Å². The lowest BCUT2D eigenvalue weighted by molar-refractivity contribution is 0.474. The summed E-state index contributed by atoms with van der Waals surface area (Å²) >= 11 is 0. The minimum atomic E-state index is -0.136. The molecule has 4 rings (SSSR count). The second-order valence-corrected chi connectivity index (χ2v) is 5.84. The Bertz CT molecular complexity index is 843. The molecule has 94 valence electrons. The van der Waals surface area contributed by atoms with Gasteiger partial charge in [0.05, 0.1) is 0 Å². The van der Waals surface area contributed by atoms with Gasteiger partial charge in [0.25, 0.3) is 0 Å². The summed E-state index contributed by atoms with van der Waals surface area (Å²) < 4.78 is 0. The Labute approximate surface area is 110 Å². The fourth-order valence-electron chi connectivity index (χ4n) is 3.16. The molecule has 2 N–H and O–H groups in total. The summed E-state index contributed by atoms with van der Waals surface area (Å²) in [4.78, 5) is 0. The van der Waals surface area contributed by atoms with Gasteiger partial charge < -0.3 is 10.2 Å². The molecule has 0 aromatic heterocycles. The first-order valence-corrected chi connectivity index (χ1v) is 6.42. The van der Waals surface area contributed by atoms with E-state index in [1.54, 1.807) is 12.1 Å². The molecular formula is C17H14O2. The maximum atomic E-state index is 9.81. The van der Waals surface area contributed by atoms with Crippen LogP contribution in [-0.2, 0) is 5.41 Å². The Balaban J connectivity index is 1.89. The van der Waals surface area contributed by atoms with Crippen molar-refractivity contribution in [3.63, 3.8) is 0 Å². The van der Waals surface area contributed by atoms with Crippen LogP contribution in [0.25, 0.3) is 21.5 Å². The first-order valence-electron chi connectivity index (χ1n) is 6.42. The van der Waals surface area contributed by atoms with Gasteiger partial charge in [0.15, 0.2) is 0 Å². The van der Waals surface area contributed by atoms with Crippen LogP contribution < -0.4 is 0 Å². The molecule has 4 aromatic rings. The van der Waals surface area contributed by atoms with Crippen LogP contribution in [0.5, 0.6) is 11.5 Å². The van der Waals surface area contributed by atoms with Crippen LogP contribution >= 0.6 is 0 Å². The second kappa shape index (κ2) is 3.02. The van der Waals surface area contributed by atoms with Gasteiger partial charge in [-0.15, -0.1) is 0 Å². The van der Waals surface area contributed by atoms with Gasteiger partial charge >= 0.3 is 0 Å². The Morgan fingerprint density at radius 1 is 0.842 bits per heavy atom. The third-order valence-electron chi connectivity index (χ3n) is 4.37. The highest BCUT2D eigenvalue weighted by Crippen LogP contribution is 2.54. The molecule has 0 saturated carbocycles. The fraction of sp³-hybridized carbons (Fsp3) is 0.176. The van der Waals surface area contributed by atoms with Crippen LogP contribution in [0.2, 0.25) is 0 Å².